The summed E-state index contributed by atoms with van der Waals surface area (Å²) in [5, 5.41) is 11.6. The molecule has 9 nitrogen and oxygen atoms in total. The van der Waals surface area contributed by atoms with E-state index in [0.29, 0.717) is 28.2 Å². The summed E-state index contributed by atoms with van der Waals surface area (Å²) in [7, 11) is 1.47. The van der Waals surface area contributed by atoms with Crippen molar-refractivity contribution in [2.75, 3.05) is 19.7 Å². The van der Waals surface area contributed by atoms with Crippen LogP contribution >= 0.6 is 11.8 Å². The Labute approximate surface area is 205 Å². The van der Waals surface area contributed by atoms with Gasteiger partial charge in [-0.3, -0.25) is 19.5 Å². The first kappa shape index (κ1) is 22.5. The molecule has 1 aromatic heterocycles. The van der Waals surface area contributed by atoms with Gasteiger partial charge < -0.3 is 14.2 Å². The highest BCUT2D eigenvalue weighted by molar-refractivity contribution is 7.99. The van der Waals surface area contributed by atoms with E-state index < -0.39 is 11.8 Å². The van der Waals surface area contributed by atoms with E-state index in [1.807, 2.05) is 53.1 Å². The highest BCUT2D eigenvalue weighted by Gasteiger charge is 2.21. The van der Waals surface area contributed by atoms with Crippen LogP contribution in [-0.2, 0) is 4.79 Å². The molecular weight excluding hydrogens is 468 g/mol. The van der Waals surface area contributed by atoms with Crippen molar-refractivity contribution in [2.24, 2.45) is 0 Å². The van der Waals surface area contributed by atoms with E-state index in [4.69, 9.17) is 14.2 Å². The lowest BCUT2D eigenvalue weighted by Crippen LogP contribution is -2.32. The third kappa shape index (κ3) is 4.69. The second-order valence-electron chi connectivity index (χ2n) is 7.41. The minimum Gasteiger partial charge on any atom is -0.496 e. The minimum atomic E-state index is -0.529. The number of amides is 2. The molecule has 2 heterocycles. The van der Waals surface area contributed by atoms with Gasteiger partial charge in [-0.25, -0.2) is 0 Å². The highest BCUT2D eigenvalue weighted by Crippen LogP contribution is 2.37. The second-order valence-corrected chi connectivity index (χ2v) is 8.35. The average Bonchev–Trinajstić information content (AvgIpc) is 3.54. The molecular formula is C25H20N4O5S. The van der Waals surface area contributed by atoms with Gasteiger partial charge in [-0.2, -0.15) is 0 Å². The Kier molecular flexibility index (Phi) is 6.36. The SMILES string of the molecule is COc1ccccc1C(=O)NC(=O)CSc1nnc(-c2ccc3c(c2)OCO3)n1-c1ccccc1. The number of benzene rings is 3. The first-order valence-corrected chi connectivity index (χ1v) is 11.6. The molecule has 3 aromatic carbocycles. The minimum absolute atomic E-state index is 0.0347. The number of aromatic nitrogens is 3. The van der Waals surface area contributed by atoms with Crippen molar-refractivity contribution in [1.29, 1.82) is 0 Å². The van der Waals surface area contributed by atoms with E-state index in [1.54, 1.807) is 24.3 Å². The monoisotopic (exact) mass is 488 g/mol. The number of carbonyl (C=O) groups excluding carboxylic acids is 2. The molecule has 0 spiro atoms. The van der Waals surface area contributed by atoms with Crippen molar-refractivity contribution in [3.05, 3.63) is 78.4 Å². The fraction of sp³-hybridized carbons (Fsp3) is 0.120. The molecule has 5 rings (SSSR count). The second kappa shape index (κ2) is 9.90. The molecule has 0 unspecified atom stereocenters. The lowest BCUT2D eigenvalue weighted by Gasteiger charge is -2.11. The topological polar surface area (TPSA) is 105 Å². The van der Waals surface area contributed by atoms with Crippen molar-refractivity contribution < 1.29 is 23.8 Å². The first-order valence-electron chi connectivity index (χ1n) is 10.6. The van der Waals surface area contributed by atoms with E-state index in [-0.39, 0.29) is 18.1 Å². The predicted molar refractivity (Wildman–Crippen MR) is 129 cm³/mol. The number of carbonyl (C=O) groups is 2. The first-order chi connectivity index (χ1) is 17.1. The van der Waals surface area contributed by atoms with Gasteiger partial charge in [-0.05, 0) is 42.5 Å². The number of imide groups is 1. The molecule has 1 aliphatic heterocycles. The van der Waals surface area contributed by atoms with Crippen molar-refractivity contribution in [3.63, 3.8) is 0 Å². The number of hydrogen-bond donors (Lipinski definition) is 1. The molecule has 0 bridgehead atoms. The Balaban J connectivity index is 1.37. The summed E-state index contributed by atoms with van der Waals surface area (Å²) >= 11 is 1.18. The molecule has 2 amide bonds. The fourth-order valence-corrected chi connectivity index (χ4v) is 4.34. The van der Waals surface area contributed by atoms with Gasteiger partial charge in [0.1, 0.15) is 5.75 Å². The van der Waals surface area contributed by atoms with Gasteiger partial charge in [0.05, 0.1) is 18.4 Å². The number of methoxy groups -OCH3 is 1. The Morgan fingerprint density at radius 2 is 1.77 bits per heavy atom. The molecule has 0 atom stereocenters. The third-order valence-corrected chi connectivity index (χ3v) is 6.14. The number of nitrogens with one attached hydrogen (secondary N) is 1. The van der Waals surface area contributed by atoms with Crippen LogP contribution in [0, 0.1) is 0 Å². The van der Waals surface area contributed by atoms with Gasteiger partial charge in [0.25, 0.3) is 5.91 Å². The summed E-state index contributed by atoms with van der Waals surface area (Å²) in [5.74, 6) is 1.26. The molecule has 10 heteroatoms. The molecule has 0 radical (unpaired) electrons. The number of thioether (sulfide) groups is 1. The highest BCUT2D eigenvalue weighted by atomic mass is 32.2. The quantitative estimate of drug-likeness (QED) is 0.393. The van der Waals surface area contributed by atoms with Gasteiger partial charge in [-0.1, -0.05) is 42.1 Å². The van der Waals surface area contributed by atoms with Crippen LogP contribution in [0.4, 0.5) is 0 Å². The molecule has 176 valence electrons. The van der Waals surface area contributed by atoms with Gasteiger partial charge >= 0.3 is 0 Å². The van der Waals surface area contributed by atoms with E-state index in [2.05, 4.69) is 15.5 Å². The molecule has 0 fully saturated rings. The van der Waals surface area contributed by atoms with Crippen molar-refractivity contribution in [1.82, 2.24) is 20.1 Å². The smallest absolute Gasteiger partial charge is 0.261 e. The molecule has 4 aromatic rings. The largest absolute Gasteiger partial charge is 0.496 e. The number of hydrogen-bond acceptors (Lipinski definition) is 8. The van der Waals surface area contributed by atoms with Gasteiger partial charge in [-0.15, -0.1) is 10.2 Å². The van der Waals surface area contributed by atoms with Crippen LogP contribution in [0.3, 0.4) is 0 Å². The van der Waals surface area contributed by atoms with E-state index >= 15 is 0 Å². The molecule has 0 saturated heterocycles. The Morgan fingerprint density at radius 3 is 2.60 bits per heavy atom. The van der Waals surface area contributed by atoms with Crippen LogP contribution in [-0.4, -0.2) is 46.2 Å². The number of rotatable bonds is 7. The average molecular weight is 489 g/mol. The predicted octanol–water partition coefficient (Wildman–Crippen LogP) is 3.72. The molecule has 1 aliphatic rings. The van der Waals surface area contributed by atoms with E-state index in [1.165, 1.54) is 18.9 Å². The van der Waals surface area contributed by atoms with Crippen molar-refractivity contribution in [2.45, 2.75) is 5.16 Å². The Morgan fingerprint density at radius 1 is 1.00 bits per heavy atom. The Hall–Kier alpha value is -4.31. The number of nitrogens with zero attached hydrogens (tertiary/aromatic N) is 3. The number of ether oxygens (including phenoxy) is 3. The summed E-state index contributed by atoms with van der Waals surface area (Å²) < 4.78 is 18.0. The zero-order chi connectivity index (χ0) is 24.2. The summed E-state index contributed by atoms with van der Waals surface area (Å²) in [6, 6.07) is 21.8. The summed E-state index contributed by atoms with van der Waals surface area (Å²) in [6.45, 7) is 0.175. The van der Waals surface area contributed by atoms with Gasteiger partial charge in [0, 0.05) is 11.3 Å². The fourth-order valence-electron chi connectivity index (χ4n) is 3.59. The third-order valence-electron chi connectivity index (χ3n) is 5.22. The van der Waals surface area contributed by atoms with Gasteiger partial charge in [0.2, 0.25) is 12.7 Å². The lowest BCUT2D eigenvalue weighted by molar-refractivity contribution is -0.117. The van der Waals surface area contributed by atoms with Crippen LogP contribution < -0.4 is 19.5 Å². The van der Waals surface area contributed by atoms with Crippen LogP contribution in [0.1, 0.15) is 10.4 Å². The zero-order valence-electron chi connectivity index (χ0n) is 18.6. The maximum Gasteiger partial charge on any atom is 0.261 e. The summed E-state index contributed by atoms with van der Waals surface area (Å²) in [5.41, 5.74) is 1.90. The molecule has 1 N–H and O–H groups in total. The van der Waals surface area contributed by atoms with E-state index in [9.17, 15) is 9.59 Å². The molecule has 0 saturated carbocycles. The standard InChI is InChI=1S/C25H20N4O5S/c1-32-19-10-6-5-9-18(19)24(31)26-22(30)14-35-25-28-27-23(29(25)17-7-3-2-4-8-17)16-11-12-20-21(13-16)34-15-33-20/h2-13H,14-15H2,1H3,(H,26,30,31). The van der Waals surface area contributed by atoms with Crippen molar-refractivity contribution >= 4 is 23.6 Å². The maximum atomic E-state index is 12.6. The van der Waals surface area contributed by atoms with Crippen LogP contribution in [0.25, 0.3) is 17.1 Å². The van der Waals surface area contributed by atoms with Crippen LogP contribution in [0.2, 0.25) is 0 Å². The van der Waals surface area contributed by atoms with Crippen LogP contribution in [0.5, 0.6) is 17.2 Å². The maximum absolute atomic E-state index is 12.6. The van der Waals surface area contributed by atoms with E-state index in [0.717, 1.165) is 11.3 Å². The van der Waals surface area contributed by atoms with Crippen molar-refractivity contribution in [3.8, 4) is 34.3 Å². The number of para-hydroxylation sites is 2. The van der Waals surface area contributed by atoms with Crippen LogP contribution in [0.15, 0.2) is 78.0 Å². The zero-order valence-corrected chi connectivity index (χ0v) is 19.5. The number of fused-ring (bicyclic) bond motifs is 1. The normalized spacial score (nSPS) is 11.8. The molecule has 0 aliphatic carbocycles. The lowest BCUT2D eigenvalue weighted by atomic mass is 10.2. The summed E-state index contributed by atoms with van der Waals surface area (Å²) in [6.07, 6.45) is 0. The molecule has 35 heavy (non-hydrogen) atoms. The summed E-state index contributed by atoms with van der Waals surface area (Å²) in [4.78, 5) is 25.1. The van der Waals surface area contributed by atoms with Gasteiger partial charge in [0.15, 0.2) is 22.5 Å². The Bertz CT molecular complexity index is 1390.